The van der Waals surface area contributed by atoms with E-state index in [2.05, 4.69) is 24.8 Å². The molecule has 174 valence electrons. The molecule has 1 aliphatic rings. The zero-order valence-corrected chi connectivity index (χ0v) is 18.6. The number of nitrogens with one attached hydrogen (secondary N) is 3. The van der Waals surface area contributed by atoms with Crippen LogP contribution in [-0.4, -0.2) is 43.9 Å². The average Bonchev–Trinajstić information content (AvgIpc) is 3.17. The molecule has 4 N–H and O–H groups in total. The first-order chi connectivity index (χ1) is 16.4. The molecule has 2 aromatic heterocycles. The summed E-state index contributed by atoms with van der Waals surface area (Å²) < 4.78 is 1.04. The van der Waals surface area contributed by atoms with E-state index >= 15 is 0 Å². The summed E-state index contributed by atoms with van der Waals surface area (Å²) in [6.45, 7) is 3.57. The van der Waals surface area contributed by atoms with Gasteiger partial charge in [0.1, 0.15) is 5.56 Å². The van der Waals surface area contributed by atoms with Crippen LogP contribution in [0.1, 0.15) is 30.4 Å². The SMILES string of the molecule is Cc1cccc(-n2c(O)c(C=Nc3cc4[nH]c(=O)[nH]c4cc3N3CCCCC3)c(=O)[nH]c2=O)c1. The van der Waals surface area contributed by atoms with Crippen molar-refractivity contribution in [3.63, 3.8) is 0 Å². The van der Waals surface area contributed by atoms with Gasteiger partial charge in [0.05, 0.1) is 28.1 Å². The molecule has 5 rings (SSSR count). The van der Waals surface area contributed by atoms with Gasteiger partial charge in [0, 0.05) is 19.3 Å². The summed E-state index contributed by atoms with van der Waals surface area (Å²) in [5.74, 6) is -0.501. The Morgan fingerprint density at radius 1 is 0.971 bits per heavy atom. The molecule has 0 saturated carbocycles. The first kappa shape index (κ1) is 21.5. The van der Waals surface area contributed by atoms with Crippen molar-refractivity contribution in [3.8, 4) is 11.6 Å². The summed E-state index contributed by atoms with van der Waals surface area (Å²) in [5, 5.41) is 10.9. The van der Waals surface area contributed by atoms with E-state index in [0.29, 0.717) is 22.4 Å². The van der Waals surface area contributed by atoms with Crippen LogP contribution in [0.3, 0.4) is 0 Å². The first-order valence-corrected chi connectivity index (χ1v) is 11.1. The normalized spacial score (nSPS) is 14.3. The third-order valence-electron chi connectivity index (χ3n) is 6.02. The molecule has 0 spiro atoms. The summed E-state index contributed by atoms with van der Waals surface area (Å²) in [4.78, 5) is 51.3. The molecule has 10 nitrogen and oxygen atoms in total. The molecule has 34 heavy (non-hydrogen) atoms. The Hall–Kier alpha value is -4.34. The van der Waals surface area contributed by atoms with Crippen LogP contribution in [-0.2, 0) is 0 Å². The van der Waals surface area contributed by atoms with Crippen LogP contribution in [0.4, 0.5) is 11.4 Å². The Kier molecular flexibility index (Phi) is 5.40. The van der Waals surface area contributed by atoms with E-state index in [9.17, 15) is 19.5 Å². The van der Waals surface area contributed by atoms with Crippen LogP contribution in [0, 0.1) is 6.92 Å². The Balaban J connectivity index is 1.64. The molecule has 0 bridgehead atoms. The molecule has 3 heterocycles. The number of aliphatic imine (C=N–C) groups is 1. The van der Waals surface area contributed by atoms with Gasteiger partial charge in [-0.15, -0.1) is 0 Å². The minimum absolute atomic E-state index is 0.145. The predicted molar refractivity (Wildman–Crippen MR) is 131 cm³/mol. The van der Waals surface area contributed by atoms with E-state index in [1.54, 1.807) is 24.3 Å². The second kappa shape index (κ2) is 8.54. The van der Waals surface area contributed by atoms with Gasteiger partial charge in [-0.2, -0.15) is 0 Å². The summed E-state index contributed by atoms with van der Waals surface area (Å²) in [6, 6.07) is 10.6. The highest BCUT2D eigenvalue weighted by Crippen LogP contribution is 2.34. The number of piperidine rings is 1. The van der Waals surface area contributed by atoms with E-state index in [0.717, 1.165) is 48.2 Å². The number of aromatic hydroxyl groups is 1. The highest BCUT2D eigenvalue weighted by molar-refractivity contribution is 5.91. The molecule has 4 aromatic rings. The van der Waals surface area contributed by atoms with Crippen molar-refractivity contribution in [3.05, 3.63) is 78.8 Å². The number of H-pyrrole nitrogens is 3. The van der Waals surface area contributed by atoms with Crippen LogP contribution in [0.15, 0.2) is 55.8 Å². The lowest BCUT2D eigenvalue weighted by Crippen LogP contribution is -2.31. The van der Waals surface area contributed by atoms with Gasteiger partial charge in [0.25, 0.3) is 5.56 Å². The van der Waals surface area contributed by atoms with E-state index < -0.39 is 17.1 Å². The molecule has 1 saturated heterocycles. The highest BCUT2D eigenvalue weighted by Gasteiger charge is 2.18. The maximum absolute atomic E-state index is 12.6. The number of nitrogens with zero attached hydrogens (tertiary/aromatic N) is 3. The summed E-state index contributed by atoms with van der Waals surface area (Å²) >= 11 is 0. The molecule has 0 atom stereocenters. The molecule has 2 aromatic carbocycles. The van der Waals surface area contributed by atoms with Gasteiger partial charge in [0.2, 0.25) is 5.88 Å². The molecule has 1 fully saturated rings. The molecular weight excluding hydrogens is 436 g/mol. The largest absolute Gasteiger partial charge is 0.493 e. The Bertz CT molecular complexity index is 1580. The fraction of sp³-hybridized carbons (Fsp3) is 0.250. The molecule has 0 amide bonds. The Morgan fingerprint density at radius 2 is 1.71 bits per heavy atom. The van der Waals surface area contributed by atoms with Crippen molar-refractivity contribution in [2.45, 2.75) is 26.2 Å². The number of aromatic amines is 3. The second-order valence-electron chi connectivity index (χ2n) is 8.44. The molecule has 0 unspecified atom stereocenters. The topological polar surface area (TPSA) is 139 Å². The fourth-order valence-corrected chi connectivity index (χ4v) is 4.35. The Labute approximate surface area is 193 Å². The summed E-state index contributed by atoms with van der Waals surface area (Å²) in [7, 11) is 0. The maximum atomic E-state index is 12.6. The van der Waals surface area contributed by atoms with Gasteiger partial charge in [-0.3, -0.25) is 14.8 Å². The van der Waals surface area contributed by atoms with Gasteiger partial charge < -0.3 is 20.0 Å². The lowest BCUT2D eigenvalue weighted by molar-refractivity contribution is 0.430. The molecular formula is C24H24N6O4. The van der Waals surface area contributed by atoms with Gasteiger partial charge in [-0.05, 0) is 56.0 Å². The van der Waals surface area contributed by atoms with E-state index in [-0.39, 0.29) is 11.3 Å². The van der Waals surface area contributed by atoms with E-state index in [1.807, 2.05) is 19.1 Å². The van der Waals surface area contributed by atoms with Gasteiger partial charge in [-0.25, -0.2) is 14.2 Å². The minimum atomic E-state index is -0.745. The number of hydrogen-bond acceptors (Lipinski definition) is 6. The summed E-state index contributed by atoms with van der Waals surface area (Å²) in [6.07, 6.45) is 4.50. The van der Waals surface area contributed by atoms with Crippen LogP contribution < -0.4 is 21.8 Å². The van der Waals surface area contributed by atoms with Crippen molar-refractivity contribution >= 4 is 28.6 Å². The minimum Gasteiger partial charge on any atom is -0.493 e. The van der Waals surface area contributed by atoms with Crippen LogP contribution >= 0.6 is 0 Å². The standard InChI is InChI=1S/C24H24N6O4/c1-14-6-5-7-15(10-14)30-22(32)16(21(31)28-24(30)34)13-25-19-11-17-18(27-23(33)26-17)12-20(19)29-8-3-2-4-9-29/h5-7,10-13,32H,2-4,8-9H2,1H3,(H2,26,27,33)(H,28,31,34). The van der Waals surface area contributed by atoms with Crippen molar-refractivity contribution in [1.82, 2.24) is 19.5 Å². The number of fused-ring (bicyclic) bond motifs is 1. The number of benzene rings is 2. The summed E-state index contributed by atoms with van der Waals surface area (Å²) in [5.41, 5.74) is 1.97. The van der Waals surface area contributed by atoms with Crippen molar-refractivity contribution < 1.29 is 5.11 Å². The van der Waals surface area contributed by atoms with Crippen LogP contribution in [0.25, 0.3) is 16.7 Å². The molecule has 0 aliphatic carbocycles. The zero-order chi connectivity index (χ0) is 23.8. The smallest absolute Gasteiger partial charge is 0.335 e. The number of hydrogen-bond donors (Lipinski definition) is 4. The molecule has 10 heteroatoms. The number of aryl methyl sites for hydroxylation is 1. The monoisotopic (exact) mass is 460 g/mol. The van der Waals surface area contributed by atoms with Crippen molar-refractivity contribution in [2.75, 3.05) is 18.0 Å². The number of rotatable bonds is 4. The first-order valence-electron chi connectivity index (χ1n) is 11.1. The molecule has 1 aliphatic heterocycles. The lowest BCUT2D eigenvalue weighted by Gasteiger charge is -2.29. The average molecular weight is 460 g/mol. The maximum Gasteiger partial charge on any atom is 0.335 e. The zero-order valence-electron chi connectivity index (χ0n) is 18.6. The van der Waals surface area contributed by atoms with E-state index in [4.69, 9.17) is 0 Å². The number of aromatic nitrogens is 4. The Morgan fingerprint density at radius 3 is 2.44 bits per heavy atom. The highest BCUT2D eigenvalue weighted by atomic mass is 16.3. The third kappa shape index (κ3) is 3.94. The van der Waals surface area contributed by atoms with E-state index in [1.165, 1.54) is 6.21 Å². The van der Waals surface area contributed by atoms with Crippen molar-refractivity contribution in [2.24, 2.45) is 4.99 Å². The van der Waals surface area contributed by atoms with Gasteiger partial charge in [-0.1, -0.05) is 12.1 Å². The predicted octanol–water partition coefficient (Wildman–Crippen LogP) is 2.45. The van der Waals surface area contributed by atoms with Crippen molar-refractivity contribution in [1.29, 1.82) is 0 Å². The fourth-order valence-electron chi connectivity index (χ4n) is 4.35. The lowest BCUT2D eigenvalue weighted by atomic mass is 10.1. The van der Waals surface area contributed by atoms with Crippen LogP contribution in [0.2, 0.25) is 0 Å². The second-order valence-corrected chi connectivity index (χ2v) is 8.44. The molecule has 0 radical (unpaired) electrons. The van der Waals surface area contributed by atoms with Crippen LogP contribution in [0.5, 0.6) is 5.88 Å². The quantitative estimate of drug-likeness (QED) is 0.347. The number of anilines is 1. The number of imidazole rings is 1. The third-order valence-corrected chi connectivity index (χ3v) is 6.02. The van der Waals surface area contributed by atoms with Gasteiger partial charge in [0.15, 0.2) is 0 Å². The van der Waals surface area contributed by atoms with Gasteiger partial charge >= 0.3 is 11.4 Å².